The number of carbonyl (C=O) groups excluding carboxylic acids is 1. The lowest BCUT2D eigenvalue weighted by Crippen LogP contribution is -2.59. The second-order valence-electron chi connectivity index (χ2n) is 8.35. The van der Waals surface area contributed by atoms with Crippen molar-refractivity contribution < 1.29 is 23.1 Å². The molecule has 1 unspecified atom stereocenters. The van der Waals surface area contributed by atoms with E-state index in [1.807, 2.05) is 6.07 Å². The number of fused-ring (bicyclic) bond motifs is 2. The molecule has 1 fully saturated rings. The average molecular weight is 556 g/mol. The Morgan fingerprint density at radius 1 is 1.09 bits per heavy atom. The van der Waals surface area contributed by atoms with Crippen LogP contribution in [0.15, 0.2) is 47.4 Å². The van der Waals surface area contributed by atoms with Gasteiger partial charge in [-0.25, -0.2) is 13.2 Å². The van der Waals surface area contributed by atoms with Crippen molar-refractivity contribution in [3.63, 3.8) is 0 Å². The highest BCUT2D eigenvalue weighted by Gasteiger charge is 2.40. The number of hydrogen-bond donors (Lipinski definition) is 2. The molecule has 2 aromatic carbocycles. The number of piperazine rings is 1. The Balaban J connectivity index is 0.00000289. The number of halogens is 2. The molecule has 8 nitrogen and oxygen atoms in total. The number of carboxylic acids is 1. The fourth-order valence-corrected chi connectivity index (χ4v) is 7.23. The van der Waals surface area contributed by atoms with E-state index in [4.69, 9.17) is 11.6 Å². The van der Waals surface area contributed by atoms with Gasteiger partial charge in [0, 0.05) is 42.6 Å². The first-order valence-electron chi connectivity index (χ1n) is 10.8. The molecule has 1 aromatic heterocycles. The first kappa shape index (κ1) is 25.9. The van der Waals surface area contributed by atoms with Crippen molar-refractivity contribution in [1.29, 1.82) is 0 Å². The standard InChI is InChI=1S/C23H22ClN3O5S2.ClH/c24-17-3-1-15-10-18(4-2-14(15)9-17)34(31,32)26-7-8-27(19(13-26)23(29)30)22(28)21-11-16-12-25-6-5-20(16)33-21;/h1-4,9-11,19,25H,5-8,12-13H2,(H,29,30);1H. The van der Waals surface area contributed by atoms with Crippen LogP contribution in [0.3, 0.4) is 0 Å². The summed E-state index contributed by atoms with van der Waals surface area (Å²) in [6.07, 6.45) is 0.833. The third-order valence-electron chi connectivity index (χ3n) is 6.25. The van der Waals surface area contributed by atoms with E-state index < -0.39 is 22.0 Å². The van der Waals surface area contributed by atoms with Gasteiger partial charge in [0.15, 0.2) is 0 Å². The number of aliphatic carboxylic acids is 1. The molecule has 12 heteroatoms. The van der Waals surface area contributed by atoms with Gasteiger partial charge in [-0.3, -0.25) is 4.79 Å². The number of benzene rings is 2. The van der Waals surface area contributed by atoms with Gasteiger partial charge < -0.3 is 15.3 Å². The summed E-state index contributed by atoms with van der Waals surface area (Å²) in [5, 5.41) is 15.2. The highest BCUT2D eigenvalue weighted by Crippen LogP contribution is 2.29. The van der Waals surface area contributed by atoms with Gasteiger partial charge in [0.1, 0.15) is 6.04 Å². The van der Waals surface area contributed by atoms with Gasteiger partial charge in [0.2, 0.25) is 10.0 Å². The van der Waals surface area contributed by atoms with Crippen molar-refractivity contribution in [2.24, 2.45) is 0 Å². The molecule has 2 aliphatic rings. The second-order valence-corrected chi connectivity index (χ2v) is 11.9. The van der Waals surface area contributed by atoms with Gasteiger partial charge in [0.25, 0.3) is 5.91 Å². The number of nitrogens with one attached hydrogen (secondary N) is 1. The highest BCUT2D eigenvalue weighted by molar-refractivity contribution is 7.89. The van der Waals surface area contributed by atoms with E-state index in [1.54, 1.807) is 30.3 Å². The Morgan fingerprint density at radius 3 is 2.57 bits per heavy atom. The Hall–Kier alpha value is -2.21. The smallest absolute Gasteiger partial charge is 0.327 e. The number of thiophene rings is 1. The van der Waals surface area contributed by atoms with Crippen molar-refractivity contribution in [1.82, 2.24) is 14.5 Å². The Labute approximate surface area is 217 Å². The molecule has 2 aliphatic heterocycles. The van der Waals surface area contributed by atoms with Gasteiger partial charge in [0.05, 0.1) is 9.77 Å². The average Bonchev–Trinajstić information content (AvgIpc) is 3.27. The molecule has 3 aromatic rings. The van der Waals surface area contributed by atoms with Crippen molar-refractivity contribution in [3.05, 3.63) is 62.8 Å². The van der Waals surface area contributed by atoms with Crippen LogP contribution >= 0.6 is 35.3 Å². The summed E-state index contributed by atoms with van der Waals surface area (Å²) < 4.78 is 27.8. The first-order chi connectivity index (χ1) is 16.2. The third kappa shape index (κ3) is 4.91. The maximum atomic E-state index is 13.3. The number of nitrogens with zero attached hydrogens (tertiary/aromatic N) is 2. The van der Waals surface area contributed by atoms with Crippen molar-refractivity contribution in [2.75, 3.05) is 26.2 Å². The summed E-state index contributed by atoms with van der Waals surface area (Å²) >= 11 is 7.40. The van der Waals surface area contributed by atoms with Crippen LogP contribution in [0.5, 0.6) is 0 Å². The predicted molar refractivity (Wildman–Crippen MR) is 137 cm³/mol. The summed E-state index contributed by atoms with van der Waals surface area (Å²) in [6, 6.07) is 10.4. The molecule has 1 amide bonds. The fraction of sp³-hybridized carbons (Fsp3) is 0.304. The third-order valence-corrected chi connectivity index (χ3v) is 9.57. The number of sulfonamides is 1. The Kier molecular flexibility index (Phi) is 7.42. The molecule has 0 bridgehead atoms. The maximum Gasteiger partial charge on any atom is 0.327 e. The van der Waals surface area contributed by atoms with Gasteiger partial charge in [-0.1, -0.05) is 23.7 Å². The molecule has 5 rings (SSSR count). The van der Waals surface area contributed by atoms with Crippen molar-refractivity contribution in [2.45, 2.75) is 23.9 Å². The number of amides is 1. The molecule has 0 spiro atoms. The highest BCUT2D eigenvalue weighted by atomic mass is 35.5. The molecule has 2 N–H and O–H groups in total. The summed E-state index contributed by atoms with van der Waals surface area (Å²) in [4.78, 5) is 28.3. The van der Waals surface area contributed by atoms with E-state index in [9.17, 15) is 23.1 Å². The Morgan fingerprint density at radius 2 is 1.83 bits per heavy atom. The molecule has 35 heavy (non-hydrogen) atoms. The van der Waals surface area contributed by atoms with Crippen LogP contribution in [0.25, 0.3) is 10.8 Å². The first-order valence-corrected chi connectivity index (χ1v) is 13.4. The fourth-order valence-electron chi connectivity index (χ4n) is 4.43. The summed E-state index contributed by atoms with van der Waals surface area (Å²) in [5.74, 6) is -1.60. The van der Waals surface area contributed by atoms with E-state index in [0.29, 0.717) is 21.8 Å². The van der Waals surface area contributed by atoms with Crippen molar-refractivity contribution in [3.8, 4) is 0 Å². The van der Waals surface area contributed by atoms with Gasteiger partial charge >= 0.3 is 5.97 Å². The number of hydrogen-bond acceptors (Lipinski definition) is 6. The van der Waals surface area contributed by atoms with E-state index in [0.717, 1.165) is 33.1 Å². The summed E-state index contributed by atoms with van der Waals surface area (Å²) in [7, 11) is -3.95. The lowest BCUT2D eigenvalue weighted by Gasteiger charge is -2.38. The van der Waals surface area contributed by atoms with E-state index in [2.05, 4.69) is 5.32 Å². The van der Waals surface area contributed by atoms with Crippen molar-refractivity contribution >= 4 is 68.0 Å². The minimum absolute atomic E-state index is 0. The van der Waals surface area contributed by atoms with E-state index in [1.165, 1.54) is 22.3 Å². The number of carbonyl (C=O) groups is 2. The predicted octanol–water partition coefficient (Wildman–Crippen LogP) is 3.22. The molecule has 1 saturated heterocycles. The quantitative estimate of drug-likeness (QED) is 0.511. The summed E-state index contributed by atoms with van der Waals surface area (Å²) in [6.45, 7) is 1.24. The van der Waals surface area contributed by atoms with Crippen LogP contribution in [0, 0.1) is 0 Å². The molecular weight excluding hydrogens is 533 g/mol. The number of carboxylic acid groups (broad SMARTS) is 1. The summed E-state index contributed by atoms with van der Waals surface area (Å²) in [5.41, 5.74) is 1.06. The molecule has 186 valence electrons. The van der Waals surface area contributed by atoms with Crippen LogP contribution in [0.4, 0.5) is 0 Å². The van der Waals surface area contributed by atoms with Crippen LogP contribution in [-0.4, -0.2) is 66.8 Å². The molecule has 3 heterocycles. The minimum Gasteiger partial charge on any atom is -0.480 e. The molecular formula is C23H23Cl2N3O5S2. The zero-order chi connectivity index (χ0) is 24.0. The minimum atomic E-state index is -3.95. The molecule has 1 atom stereocenters. The lowest BCUT2D eigenvalue weighted by atomic mass is 10.1. The van der Waals surface area contributed by atoms with Crippen LogP contribution < -0.4 is 5.32 Å². The van der Waals surface area contributed by atoms with Crippen LogP contribution in [-0.2, 0) is 27.8 Å². The molecule has 0 aliphatic carbocycles. The lowest BCUT2D eigenvalue weighted by molar-refractivity contribution is -0.143. The maximum absolute atomic E-state index is 13.3. The molecule has 0 saturated carbocycles. The molecule has 0 radical (unpaired) electrons. The van der Waals surface area contributed by atoms with Crippen LogP contribution in [0.1, 0.15) is 20.1 Å². The van der Waals surface area contributed by atoms with Crippen LogP contribution in [0.2, 0.25) is 5.02 Å². The largest absolute Gasteiger partial charge is 0.480 e. The number of rotatable bonds is 4. The van der Waals surface area contributed by atoms with Gasteiger partial charge in [-0.2, -0.15) is 4.31 Å². The second kappa shape index (κ2) is 10.0. The SMILES string of the molecule is Cl.O=C(O)C1CN(S(=O)(=O)c2ccc3cc(Cl)ccc3c2)CCN1C(=O)c1cc2c(s1)CCNC2. The normalized spacial score (nSPS) is 18.7. The van der Waals surface area contributed by atoms with E-state index >= 15 is 0 Å². The topological polar surface area (TPSA) is 107 Å². The zero-order valence-corrected chi connectivity index (χ0v) is 21.6. The monoisotopic (exact) mass is 555 g/mol. The zero-order valence-electron chi connectivity index (χ0n) is 18.4. The van der Waals surface area contributed by atoms with E-state index in [-0.39, 0.29) is 42.8 Å². The van der Waals surface area contributed by atoms with Gasteiger partial charge in [-0.15, -0.1) is 23.7 Å². The Bertz CT molecular complexity index is 1390. The van der Waals surface area contributed by atoms with Gasteiger partial charge in [-0.05, 0) is 53.1 Å².